The molecule has 7 heteroatoms. The Bertz CT molecular complexity index is 777. The third-order valence-corrected chi connectivity index (χ3v) is 5.59. The van der Waals surface area contributed by atoms with Crippen molar-refractivity contribution in [3.8, 4) is 0 Å². The van der Waals surface area contributed by atoms with Crippen molar-refractivity contribution in [1.82, 2.24) is 15.0 Å². The van der Waals surface area contributed by atoms with E-state index in [0.717, 1.165) is 19.3 Å². The predicted molar refractivity (Wildman–Crippen MR) is 89.9 cm³/mol. The van der Waals surface area contributed by atoms with E-state index in [1.807, 2.05) is 0 Å². The Morgan fingerprint density at radius 2 is 1.96 bits per heavy atom. The lowest BCUT2D eigenvalue weighted by Gasteiger charge is -2.28. The van der Waals surface area contributed by atoms with E-state index >= 15 is 0 Å². The van der Waals surface area contributed by atoms with Gasteiger partial charge in [-0.2, -0.15) is 0 Å². The topological polar surface area (TPSA) is 71.1 Å². The summed E-state index contributed by atoms with van der Waals surface area (Å²) in [5.74, 6) is 0. The highest BCUT2D eigenvalue weighted by molar-refractivity contribution is 7.89. The van der Waals surface area contributed by atoms with Gasteiger partial charge in [0.25, 0.3) is 10.0 Å². The van der Waals surface area contributed by atoms with Gasteiger partial charge in [0.2, 0.25) is 0 Å². The average Bonchev–Trinajstić information content (AvgIpc) is 2.84. The third kappa shape index (κ3) is 3.67. The van der Waals surface area contributed by atoms with Gasteiger partial charge in [-0.25, -0.2) is 12.8 Å². The first-order valence-electron chi connectivity index (χ1n) is 7.97. The van der Waals surface area contributed by atoms with E-state index in [0.29, 0.717) is 24.2 Å². The number of hydrogen-bond donors (Lipinski definition) is 2. The summed E-state index contributed by atoms with van der Waals surface area (Å²) in [7, 11) is -3.77. The average molecular weight is 349 g/mol. The molecule has 0 saturated heterocycles. The zero-order valence-corrected chi connectivity index (χ0v) is 14.0. The standard InChI is InChI=1S/C17H20FN3O2S/c18-17(9-3-1-4-10-17)16-8-7-15(13-20-16)24(22,23)21-14-6-2-5-11-19-12-14/h2,5-8,11-13,19,21H,1,3-4,9-10H2. The summed E-state index contributed by atoms with van der Waals surface area (Å²) in [5.41, 5.74) is -0.713. The lowest BCUT2D eigenvalue weighted by molar-refractivity contribution is 0.101. The smallest absolute Gasteiger partial charge is 0.263 e. The summed E-state index contributed by atoms with van der Waals surface area (Å²) in [4.78, 5) is 4.10. The van der Waals surface area contributed by atoms with Gasteiger partial charge >= 0.3 is 0 Å². The van der Waals surface area contributed by atoms with Crippen molar-refractivity contribution in [2.75, 3.05) is 0 Å². The number of alkyl halides is 1. The van der Waals surface area contributed by atoms with Gasteiger partial charge < -0.3 is 5.32 Å². The quantitative estimate of drug-likeness (QED) is 0.877. The van der Waals surface area contributed by atoms with E-state index in [1.165, 1.54) is 24.5 Å². The highest BCUT2D eigenvalue weighted by atomic mass is 32.2. The Morgan fingerprint density at radius 3 is 2.67 bits per heavy atom. The molecule has 1 aromatic heterocycles. The minimum Gasteiger partial charge on any atom is -0.366 e. The summed E-state index contributed by atoms with van der Waals surface area (Å²) < 4.78 is 42.2. The predicted octanol–water partition coefficient (Wildman–Crippen LogP) is 3.00. The van der Waals surface area contributed by atoms with Gasteiger partial charge in [-0.15, -0.1) is 0 Å². The first-order chi connectivity index (χ1) is 11.5. The van der Waals surface area contributed by atoms with Crippen LogP contribution in [0.1, 0.15) is 37.8 Å². The molecule has 0 aromatic carbocycles. The molecule has 0 spiro atoms. The van der Waals surface area contributed by atoms with Crippen molar-refractivity contribution < 1.29 is 12.8 Å². The van der Waals surface area contributed by atoms with Crippen LogP contribution in [0.2, 0.25) is 0 Å². The van der Waals surface area contributed by atoms with E-state index in [4.69, 9.17) is 0 Å². The second-order valence-corrected chi connectivity index (χ2v) is 7.68. The summed E-state index contributed by atoms with van der Waals surface area (Å²) >= 11 is 0. The fourth-order valence-corrected chi connectivity index (χ4v) is 3.90. The number of aromatic nitrogens is 1. The molecule has 0 amide bonds. The van der Waals surface area contributed by atoms with Crippen LogP contribution >= 0.6 is 0 Å². The van der Waals surface area contributed by atoms with Crippen LogP contribution in [0.3, 0.4) is 0 Å². The molecule has 0 unspecified atom stereocenters. The van der Waals surface area contributed by atoms with Gasteiger partial charge in [0, 0.05) is 18.6 Å². The van der Waals surface area contributed by atoms with Crippen molar-refractivity contribution in [1.29, 1.82) is 0 Å². The van der Waals surface area contributed by atoms with Crippen LogP contribution in [0.25, 0.3) is 0 Å². The van der Waals surface area contributed by atoms with E-state index in [2.05, 4.69) is 15.0 Å². The number of hydrogen-bond acceptors (Lipinski definition) is 4. The van der Waals surface area contributed by atoms with E-state index < -0.39 is 15.7 Å². The molecule has 0 bridgehead atoms. The number of pyridine rings is 1. The SMILES string of the molecule is O=S(=O)(NC1=CNC=CC=C1)c1ccc(C2(F)CCCCC2)nc1. The van der Waals surface area contributed by atoms with Crippen molar-refractivity contribution in [2.24, 2.45) is 0 Å². The minimum absolute atomic E-state index is 0.0113. The summed E-state index contributed by atoms with van der Waals surface area (Å²) in [6.07, 6.45) is 13.1. The molecule has 0 atom stereocenters. The monoisotopic (exact) mass is 349 g/mol. The molecule has 2 N–H and O–H groups in total. The molecule has 24 heavy (non-hydrogen) atoms. The molecule has 1 fully saturated rings. The van der Waals surface area contributed by atoms with Crippen molar-refractivity contribution in [3.63, 3.8) is 0 Å². The highest BCUT2D eigenvalue weighted by Gasteiger charge is 2.35. The molecule has 1 aromatic rings. The first kappa shape index (κ1) is 16.7. The minimum atomic E-state index is -3.77. The van der Waals surface area contributed by atoms with Gasteiger partial charge in [-0.05, 0) is 50.0 Å². The number of nitrogens with one attached hydrogen (secondary N) is 2. The van der Waals surface area contributed by atoms with Crippen LogP contribution in [0.5, 0.6) is 0 Å². The highest BCUT2D eigenvalue weighted by Crippen LogP contribution is 2.39. The molecule has 2 aliphatic rings. The van der Waals surface area contributed by atoms with Crippen molar-refractivity contribution in [3.05, 3.63) is 60.3 Å². The normalized spacial score (nSPS) is 20.0. The maximum Gasteiger partial charge on any atom is 0.263 e. The Kier molecular flexibility index (Phi) is 4.71. The van der Waals surface area contributed by atoms with Crippen LogP contribution in [0.4, 0.5) is 4.39 Å². The molecule has 1 saturated carbocycles. The lowest BCUT2D eigenvalue weighted by atomic mass is 9.84. The molecule has 1 aliphatic carbocycles. The van der Waals surface area contributed by atoms with Crippen molar-refractivity contribution in [2.45, 2.75) is 42.7 Å². The Balaban J connectivity index is 1.78. The maximum atomic E-state index is 14.9. The van der Waals surface area contributed by atoms with Gasteiger partial charge in [-0.3, -0.25) is 9.71 Å². The first-order valence-corrected chi connectivity index (χ1v) is 9.46. The number of allylic oxidation sites excluding steroid dienone is 3. The summed E-state index contributed by atoms with van der Waals surface area (Å²) in [6.45, 7) is 0. The fourth-order valence-electron chi connectivity index (χ4n) is 2.91. The molecular weight excluding hydrogens is 329 g/mol. The van der Waals surface area contributed by atoms with Gasteiger partial charge in [0.15, 0.2) is 5.67 Å². The van der Waals surface area contributed by atoms with Gasteiger partial charge in [0.05, 0.1) is 11.4 Å². The molecule has 5 nitrogen and oxygen atoms in total. The van der Waals surface area contributed by atoms with Crippen LogP contribution in [0, 0.1) is 0 Å². The Hall–Kier alpha value is -2.15. The zero-order chi connectivity index (χ0) is 17.0. The van der Waals surface area contributed by atoms with Crippen molar-refractivity contribution >= 4 is 10.0 Å². The molecular formula is C17H20FN3O2S. The largest absolute Gasteiger partial charge is 0.366 e. The van der Waals surface area contributed by atoms with Crippen LogP contribution in [0.15, 0.2) is 59.6 Å². The molecule has 0 radical (unpaired) electrons. The third-order valence-electron chi connectivity index (χ3n) is 4.22. The van der Waals surface area contributed by atoms with Crippen LogP contribution in [-0.4, -0.2) is 13.4 Å². The second kappa shape index (κ2) is 6.76. The number of sulfonamides is 1. The Morgan fingerprint density at radius 1 is 1.17 bits per heavy atom. The zero-order valence-electron chi connectivity index (χ0n) is 13.2. The second-order valence-electron chi connectivity index (χ2n) is 6.00. The summed E-state index contributed by atoms with van der Waals surface area (Å²) in [5, 5.41) is 2.83. The molecule has 128 valence electrons. The number of nitrogens with zero attached hydrogens (tertiary/aromatic N) is 1. The maximum absolute atomic E-state index is 14.9. The van der Waals surface area contributed by atoms with Gasteiger partial charge in [0.1, 0.15) is 4.90 Å². The molecule has 1 aliphatic heterocycles. The lowest BCUT2D eigenvalue weighted by Crippen LogP contribution is -2.26. The summed E-state index contributed by atoms with van der Waals surface area (Å²) in [6, 6.07) is 2.89. The number of rotatable bonds is 4. The molecule has 2 heterocycles. The number of halogens is 1. The van der Waals surface area contributed by atoms with Crippen LogP contribution < -0.4 is 10.0 Å². The van der Waals surface area contributed by atoms with Gasteiger partial charge in [-0.1, -0.05) is 12.5 Å². The Labute approximate surface area is 141 Å². The van der Waals surface area contributed by atoms with E-state index in [-0.39, 0.29) is 4.90 Å². The van der Waals surface area contributed by atoms with E-state index in [1.54, 1.807) is 24.4 Å². The van der Waals surface area contributed by atoms with E-state index in [9.17, 15) is 12.8 Å². The van der Waals surface area contributed by atoms with Crippen LogP contribution in [-0.2, 0) is 15.7 Å². The fraction of sp³-hybridized carbons (Fsp3) is 0.353. The molecule has 3 rings (SSSR count).